The molecule has 1 saturated heterocycles. The van der Waals surface area contributed by atoms with Crippen molar-refractivity contribution in [2.45, 2.75) is 17.7 Å². The van der Waals surface area contributed by atoms with Gasteiger partial charge in [0.05, 0.1) is 11.1 Å². The topological polar surface area (TPSA) is 111 Å². The summed E-state index contributed by atoms with van der Waals surface area (Å²) in [6.07, 6.45) is -5.61. The number of ether oxygens (including phenoxy) is 1. The second kappa shape index (κ2) is 11.1. The fourth-order valence-electron chi connectivity index (χ4n) is 3.61. The molecule has 0 aliphatic carbocycles. The third kappa shape index (κ3) is 6.95. The Bertz CT molecular complexity index is 1280. The Hall–Kier alpha value is -2.71. The monoisotopic (exact) mass is 547 g/mol. The molecular formula is C22H21ClF3N3O6S. The van der Waals surface area contributed by atoms with Crippen LogP contribution >= 0.6 is 11.6 Å². The van der Waals surface area contributed by atoms with Crippen molar-refractivity contribution in [3.05, 3.63) is 63.1 Å². The molecule has 0 amide bonds. The van der Waals surface area contributed by atoms with Crippen molar-refractivity contribution in [1.82, 2.24) is 14.9 Å². The third-order valence-corrected chi connectivity index (χ3v) is 6.98. The number of fused-ring (bicyclic) bond motifs is 1. The fourth-order valence-corrected chi connectivity index (χ4v) is 4.99. The average Bonchev–Trinajstić information content (AvgIpc) is 3.20. The highest BCUT2D eigenvalue weighted by Crippen LogP contribution is 2.32. The minimum absolute atomic E-state index is 0.0855. The molecule has 4 rings (SSSR count). The lowest BCUT2D eigenvalue weighted by Crippen LogP contribution is -2.48. The number of nitrogens with zero attached hydrogens (tertiary/aromatic N) is 2. The maximum atomic E-state index is 12.9. The Balaban J connectivity index is 1.19. The zero-order valence-electron chi connectivity index (χ0n) is 18.7. The van der Waals surface area contributed by atoms with Crippen LogP contribution in [0.3, 0.4) is 0 Å². The van der Waals surface area contributed by atoms with E-state index in [1.807, 2.05) is 0 Å². The first-order valence-electron chi connectivity index (χ1n) is 10.8. The number of aromatic amines is 1. The standard InChI is InChI=1S/C22H21ClF3N3O6S/c23-16-10-14(9-15(11-16)22(24,25)26)13-33-21(31)35-29-5-3-28(4-6-29)7-8-36(32)17-1-2-18-19(12-17)34-20(30)27-18/h1-2,9-12H,3-8,13H2,(H,27,30). The van der Waals surface area contributed by atoms with Crippen molar-refractivity contribution in [3.8, 4) is 0 Å². The van der Waals surface area contributed by atoms with E-state index < -0.39 is 41.4 Å². The lowest BCUT2D eigenvalue weighted by atomic mass is 10.1. The number of nitrogens with one attached hydrogen (secondary N) is 1. The Kier molecular flexibility index (Phi) is 8.15. The van der Waals surface area contributed by atoms with Gasteiger partial charge in [-0.1, -0.05) is 11.6 Å². The smallest absolute Gasteiger partial charge is 0.528 e. The Labute approximate surface area is 210 Å². The van der Waals surface area contributed by atoms with Crippen LogP contribution in [0.25, 0.3) is 11.1 Å². The van der Waals surface area contributed by atoms with Gasteiger partial charge in [0.2, 0.25) is 0 Å². The zero-order chi connectivity index (χ0) is 25.9. The summed E-state index contributed by atoms with van der Waals surface area (Å²) in [5, 5.41) is 1.28. The molecule has 0 bridgehead atoms. The molecule has 2 heterocycles. The van der Waals surface area contributed by atoms with E-state index in [4.69, 9.17) is 25.6 Å². The summed E-state index contributed by atoms with van der Waals surface area (Å²) in [6, 6.07) is 7.82. The molecule has 0 saturated carbocycles. The van der Waals surface area contributed by atoms with Gasteiger partial charge in [0.15, 0.2) is 10.5 Å². The molecule has 1 aliphatic heterocycles. The number of hydroxylamine groups is 2. The van der Waals surface area contributed by atoms with Crippen LogP contribution in [0.5, 0.6) is 0 Å². The van der Waals surface area contributed by atoms with Gasteiger partial charge >= 0.3 is 18.1 Å². The van der Waals surface area contributed by atoms with Crippen LogP contribution in [-0.4, -0.2) is 64.1 Å². The second-order valence-electron chi connectivity index (χ2n) is 7.97. The van der Waals surface area contributed by atoms with E-state index in [2.05, 4.69) is 9.88 Å². The van der Waals surface area contributed by atoms with Gasteiger partial charge in [-0.2, -0.15) is 13.2 Å². The van der Waals surface area contributed by atoms with Crippen LogP contribution in [0.2, 0.25) is 5.02 Å². The maximum absolute atomic E-state index is 12.9. The molecule has 2 aromatic carbocycles. The van der Waals surface area contributed by atoms with Crippen molar-refractivity contribution in [1.29, 1.82) is 0 Å². The summed E-state index contributed by atoms with van der Waals surface area (Å²) in [4.78, 5) is 33.5. The number of hydrogen-bond donors (Lipinski definition) is 1. The number of H-pyrrole nitrogens is 1. The number of benzene rings is 2. The molecule has 194 valence electrons. The maximum Gasteiger partial charge on any atom is 0.528 e. The molecular weight excluding hydrogens is 527 g/mol. The van der Waals surface area contributed by atoms with Gasteiger partial charge < -0.3 is 18.5 Å². The van der Waals surface area contributed by atoms with E-state index in [0.29, 0.717) is 54.5 Å². The van der Waals surface area contributed by atoms with Gasteiger partial charge in [0.25, 0.3) is 0 Å². The van der Waals surface area contributed by atoms with E-state index in [-0.39, 0.29) is 10.6 Å². The second-order valence-corrected chi connectivity index (χ2v) is 9.98. The third-order valence-electron chi connectivity index (χ3n) is 5.42. The van der Waals surface area contributed by atoms with Gasteiger partial charge in [0, 0.05) is 43.8 Å². The summed E-state index contributed by atoms with van der Waals surface area (Å²) in [5.74, 6) is -0.209. The van der Waals surface area contributed by atoms with Gasteiger partial charge in [-0.3, -0.25) is 9.88 Å². The number of carbonyl (C=O) groups excluding carboxylic acids is 1. The summed E-state index contributed by atoms with van der Waals surface area (Å²) >= 11 is 4.43. The number of carbonyl (C=O) groups is 1. The minimum atomic E-state index is -4.57. The predicted octanol–water partition coefficient (Wildman–Crippen LogP) is 3.79. The van der Waals surface area contributed by atoms with Gasteiger partial charge in [-0.15, -0.1) is 5.06 Å². The normalized spacial score (nSPS) is 16.2. The molecule has 1 atom stereocenters. The highest BCUT2D eigenvalue weighted by Gasteiger charge is 2.31. The number of aromatic nitrogens is 1. The van der Waals surface area contributed by atoms with Crippen LogP contribution in [0.15, 0.2) is 50.5 Å². The number of rotatable bonds is 7. The molecule has 1 aliphatic rings. The van der Waals surface area contributed by atoms with Crippen molar-refractivity contribution < 1.29 is 36.5 Å². The van der Waals surface area contributed by atoms with Crippen LogP contribution in [0.4, 0.5) is 18.0 Å². The molecule has 0 radical (unpaired) electrons. The highest BCUT2D eigenvalue weighted by atomic mass is 35.5. The van der Waals surface area contributed by atoms with Crippen molar-refractivity contribution in [2.24, 2.45) is 0 Å². The number of piperazine rings is 1. The molecule has 36 heavy (non-hydrogen) atoms. The first kappa shape index (κ1) is 26.4. The van der Waals surface area contributed by atoms with Gasteiger partial charge in [-0.05, 0) is 47.1 Å². The molecule has 1 unspecified atom stereocenters. The molecule has 1 fully saturated rings. The number of oxazole rings is 1. The largest absolute Gasteiger partial charge is 0.611 e. The summed E-state index contributed by atoms with van der Waals surface area (Å²) < 4.78 is 61.2. The predicted molar refractivity (Wildman–Crippen MR) is 124 cm³/mol. The zero-order valence-corrected chi connectivity index (χ0v) is 20.3. The first-order valence-corrected chi connectivity index (χ1v) is 12.5. The van der Waals surface area contributed by atoms with Gasteiger partial charge in [-0.25, -0.2) is 9.59 Å². The van der Waals surface area contributed by atoms with E-state index in [1.54, 1.807) is 18.2 Å². The van der Waals surface area contributed by atoms with Crippen LogP contribution < -0.4 is 5.76 Å². The lowest BCUT2D eigenvalue weighted by molar-refractivity contribution is -0.147. The summed E-state index contributed by atoms with van der Waals surface area (Å²) in [6.45, 7) is 1.94. The molecule has 9 nitrogen and oxygen atoms in total. The molecule has 1 aromatic heterocycles. The van der Waals surface area contributed by atoms with Crippen LogP contribution in [0.1, 0.15) is 11.1 Å². The van der Waals surface area contributed by atoms with Crippen molar-refractivity contribution in [2.75, 3.05) is 38.5 Å². The fraction of sp³-hybridized carbons (Fsp3) is 0.364. The quantitative estimate of drug-likeness (QED) is 0.351. The average molecular weight is 548 g/mol. The number of hydrogen-bond acceptors (Lipinski definition) is 8. The van der Waals surface area contributed by atoms with Crippen molar-refractivity contribution >= 4 is 40.0 Å². The molecule has 0 spiro atoms. The van der Waals surface area contributed by atoms with Crippen LogP contribution in [0, 0.1) is 0 Å². The van der Waals surface area contributed by atoms with E-state index >= 15 is 0 Å². The summed E-state index contributed by atoms with van der Waals surface area (Å²) in [7, 11) is 0. The van der Waals surface area contributed by atoms with E-state index in [0.717, 1.165) is 12.1 Å². The molecule has 14 heteroatoms. The van der Waals surface area contributed by atoms with Crippen molar-refractivity contribution in [3.63, 3.8) is 0 Å². The first-order chi connectivity index (χ1) is 17.1. The highest BCUT2D eigenvalue weighted by molar-refractivity contribution is 7.91. The van der Waals surface area contributed by atoms with Gasteiger partial charge in [0.1, 0.15) is 12.4 Å². The molecule has 1 N–H and O–H groups in total. The number of halogens is 4. The summed E-state index contributed by atoms with van der Waals surface area (Å²) in [5.41, 5.74) is 0.0340. The number of alkyl halides is 3. The Morgan fingerprint density at radius 2 is 1.92 bits per heavy atom. The SMILES string of the molecule is O=C(OCc1cc(Cl)cc(C(F)(F)F)c1)ON1CCN(CC[S+]([O-])c2ccc3[nH]c(=O)oc3c2)CC1. The van der Waals surface area contributed by atoms with E-state index in [9.17, 15) is 27.3 Å². The Morgan fingerprint density at radius 3 is 2.64 bits per heavy atom. The Morgan fingerprint density at radius 1 is 1.17 bits per heavy atom. The minimum Gasteiger partial charge on any atom is -0.611 e. The van der Waals surface area contributed by atoms with Crippen LogP contribution in [-0.2, 0) is 33.5 Å². The lowest BCUT2D eigenvalue weighted by Gasteiger charge is -2.32. The molecule has 3 aromatic rings. The van der Waals surface area contributed by atoms with E-state index in [1.165, 1.54) is 11.1 Å².